The number of aromatic nitrogens is 4. The Kier molecular flexibility index (Phi) is 8.91. The molecule has 0 spiro atoms. The molecule has 0 radical (unpaired) electrons. The molecule has 0 saturated carbocycles. The van der Waals surface area contributed by atoms with Crippen LogP contribution in [0.3, 0.4) is 0 Å². The zero-order valence-corrected chi connectivity index (χ0v) is 24.9. The first-order valence-electron chi connectivity index (χ1n) is 12.9. The number of likely N-dealkylation sites (tertiary alicyclic amines) is 2. The summed E-state index contributed by atoms with van der Waals surface area (Å²) in [5.41, 5.74) is 1.87. The summed E-state index contributed by atoms with van der Waals surface area (Å²) in [6, 6.07) is 0.395. The van der Waals surface area contributed by atoms with E-state index in [9.17, 15) is 14.1 Å². The molecule has 3 atom stereocenters. The second-order valence-electron chi connectivity index (χ2n) is 9.84. The Bertz CT molecular complexity index is 1270. The molecule has 39 heavy (non-hydrogen) atoms. The van der Waals surface area contributed by atoms with Gasteiger partial charge in [0.05, 0.1) is 10.6 Å². The minimum atomic E-state index is -0.812. The molecule has 1 unspecified atom stereocenters. The SMILES string of the molecule is CC(=O)N1CC[C@@H](Nc2nc(Cl)nc3c2SCC3)C1.CC(=O)N1CC[C@@H](Nc2nc(Cl)nc3c2[S+](O)CC3)C1. The highest BCUT2D eigenvalue weighted by Gasteiger charge is 2.39. The molecule has 4 aliphatic heterocycles. The summed E-state index contributed by atoms with van der Waals surface area (Å²) in [6.07, 6.45) is 3.49. The van der Waals surface area contributed by atoms with Crippen molar-refractivity contribution >= 4 is 69.6 Å². The molecule has 2 saturated heterocycles. The van der Waals surface area contributed by atoms with E-state index in [-0.39, 0.29) is 29.2 Å². The van der Waals surface area contributed by atoms with Crippen LogP contribution in [0.5, 0.6) is 0 Å². The lowest BCUT2D eigenvalue weighted by molar-refractivity contribution is -0.128. The third-order valence-electron chi connectivity index (χ3n) is 7.12. The zero-order valence-electron chi connectivity index (χ0n) is 21.7. The van der Waals surface area contributed by atoms with E-state index in [1.165, 1.54) is 0 Å². The van der Waals surface area contributed by atoms with Gasteiger partial charge in [-0.1, -0.05) is 0 Å². The van der Waals surface area contributed by atoms with Crippen LogP contribution in [0.4, 0.5) is 11.6 Å². The number of nitrogens with zero attached hydrogens (tertiary/aromatic N) is 6. The number of halogens is 2. The fourth-order valence-corrected chi connectivity index (χ4v) is 7.89. The first-order valence-corrected chi connectivity index (χ1v) is 16.0. The van der Waals surface area contributed by atoms with E-state index < -0.39 is 11.2 Å². The fraction of sp³-hybridized carbons (Fsp3) is 0.583. The Hall–Kier alpha value is -2.06. The van der Waals surface area contributed by atoms with Gasteiger partial charge in [-0.2, -0.15) is 14.5 Å². The highest BCUT2D eigenvalue weighted by molar-refractivity contribution is 7.99. The topological polar surface area (TPSA) is 136 Å². The van der Waals surface area contributed by atoms with E-state index in [4.69, 9.17) is 23.2 Å². The lowest BCUT2D eigenvalue weighted by Crippen LogP contribution is -2.30. The molecular weight excluding hydrogens is 583 g/mol. The lowest BCUT2D eigenvalue weighted by atomic mass is 10.2. The van der Waals surface area contributed by atoms with Gasteiger partial charge in [0.1, 0.15) is 11.5 Å². The average Bonchev–Trinajstić information content (AvgIpc) is 3.67. The number of carbonyl (C=O) groups excluding carboxylic acids is 2. The molecule has 0 aliphatic carbocycles. The van der Waals surface area contributed by atoms with Gasteiger partial charge in [0.2, 0.25) is 22.4 Å². The number of hydrogen-bond donors (Lipinski definition) is 3. The van der Waals surface area contributed by atoms with Gasteiger partial charge in [-0.05, 0) is 36.0 Å². The van der Waals surface area contributed by atoms with Gasteiger partial charge >= 0.3 is 0 Å². The summed E-state index contributed by atoms with van der Waals surface area (Å²) < 4.78 is 10.1. The molecule has 3 N–H and O–H groups in total. The number of aryl methyl sites for hydroxylation is 2. The van der Waals surface area contributed by atoms with Crippen LogP contribution in [0.15, 0.2) is 9.79 Å². The predicted molar refractivity (Wildman–Crippen MR) is 154 cm³/mol. The van der Waals surface area contributed by atoms with Gasteiger partial charge in [0.15, 0.2) is 22.7 Å². The lowest BCUT2D eigenvalue weighted by Gasteiger charge is -2.17. The van der Waals surface area contributed by atoms with Crippen molar-refractivity contribution in [3.05, 3.63) is 22.0 Å². The molecule has 2 aromatic heterocycles. The fourth-order valence-electron chi connectivity index (χ4n) is 5.13. The summed E-state index contributed by atoms with van der Waals surface area (Å²) in [5.74, 6) is 3.38. The molecule has 2 amide bonds. The minimum absolute atomic E-state index is 0.0853. The second-order valence-corrected chi connectivity index (χ2v) is 13.2. The van der Waals surface area contributed by atoms with Crippen LogP contribution < -0.4 is 10.6 Å². The molecule has 15 heteroatoms. The van der Waals surface area contributed by atoms with Crippen LogP contribution in [0.25, 0.3) is 0 Å². The van der Waals surface area contributed by atoms with Crippen LogP contribution in [-0.2, 0) is 33.6 Å². The molecule has 2 fully saturated rings. The van der Waals surface area contributed by atoms with E-state index in [1.807, 2.05) is 4.90 Å². The summed E-state index contributed by atoms with van der Waals surface area (Å²) in [7, 11) is 0. The summed E-state index contributed by atoms with van der Waals surface area (Å²) in [4.78, 5) is 45.2. The van der Waals surface area contributed by atoms with Crippen LogP contribution >= 0.6 is 35.0 Å². The van der Waals surface area contributed by atoms with E-state index in [0.717, 1.165) is 78.1 Å². The Balaban J connectivity index is 0.000000158. The molecule has 0 aromatic carbocycles. The normalized spacial score (nSPS) is 23.3. The minimum Gasteiger partial charge on any atom is -0.364 e. The van der Waals surface area contributed by atoms with E-state index in [0.29, 0.717) is 23.4 Å². The van der Waals surface area contributed by atoms with Crippen LogP contribution in [0, 0.1) is 0 Å². The summed E-state index contributed by atoms with van der Waals surface area (Å²) in [6.45, 7) is 6.13. The van der Waals surface area contributed by atoms with Gasteiger partial charge in [0, 0.05) is 70.7 Å². The molecule has 6 rings (SSSR count). The number of thioether (sulfide) groups is 1. The quantitative estimate of drug-likeness (QED) is 0.348. The third kappa shape index (κ3) is 6.64. The standard InChI is InChI=1S/C12H16ClN4O2S.C12H15ClN4OS/c1-7(18)17-4-2-8(6-17)14-11-10-9(3-5-20(10)19)15-12(13)16-11;1-7(18)17-4-2-8(6-17)14-11-10-9(3-5-19-10)15-12(13)16-11/h8,19H,2-6H2,1H3,(H,14,15,16);8H,2-6H2,1H3,(H,14,15,16)/q+1;/t8-,20?;8-/m11/s1. The van der Waals surface area contributed by atoms with Crippen molar-refractivity contribution in [3.63, 3.8) is 0 Å². The maximum absolute atomic E-state index is 11.4. The summed E-state index contributed by atoms with van der Waals surface area (Å²) in [5, 5.41) is 7.23. The number of nitrogens with one attached hydrogen (secondary N) is 2. The van der Waals surface area contributed by atoms with E-state index in [1.54, 1.807) is 30.5 Å². The number of amides is 2. The Morgan fingerprint density at radius 2 is 1.46 bits per heavy atom. The number of rotatable bonds is 4. The number of carbonyl (C=O) groups is 2. The van der Waals surface area contributed by atoms with Crippen molar-refractivity contribution in [1.29, 1.82) is 0 Å². The van der Waals surface area contributed by atoms with Gasteiger partial charge in [-0.3, -0.25) is 9.59 Å². The van der Waals surface area contributed by atoms with E-state index in [2.05, 4.69) is 30.6 Å². The highest BCUT2D eigenvalue weighted by atomic mass is 35.5. The molecule has 11 nitrogen and oxygen atoms in total. The van der Waals surface area contributed by atoms with Crippen molar-refractivity contribution < 1.29 is 14.1 Å². The maximum atomic E-state index is 11.4. The van der Waals surface area contributed by atoms with Crippen molar-refractivity contribution in [2.75, 3.05) is 48.3 Å². The van der Waals surface area contributed by atoms with Crippen LogP contribution in [-0.4, -0.2) is 95.9 Å². The first kappa shape index (κ1) is 28.5. The van der Waals surface area contributed by atoms with Gasteiger partial charge in [0.25, 0.3) is 4.90 Å². The van der Waals surface area contributed by atoms with Crippen molar-refractivity contribution in [2.24, 2.45) is 0 Å². The zero-order chi connectivity index (χ0) is 27.7. The van der Waals surface area contributed by atoms with Crippen LogP contribution in [0.2, 0.25) is 10.6 Å². The van der Waals surface area contributed by atoms with Crippen LogP contribution in [0.1, 0.15) is 38.1 Å². The molecule has 0 bridgehead atoms. The Morgan fingerprint density at radius 1 is 0.897 bits per heavy atom. The molecule has 4 aliphatic rings. The summed E-state index contributed by atoms with van der Waals surface area (Å²) >= 11 is 12.8. The smallest absolute Gasteiger partial charge is 0.253 e. The van der Waals surface area contributed by atoms with Crippen molar-refractivity contribution in [3.8, 4) is 0 Å². The highest BCUT2D eigenvalue weighted by Crippen LogP contribution is 2.37. The predicted octanol–water partition coefficient (Wildman–Crippen LogP) is 2.98. The van der Waals surface area contributed by atoms with Crippen molar-refractivity contribution in [2.45, 2.75) is 61.4 Å². The number of hydrogen-bond acceptors (Lipinski definition) is 10. The Morgan fingerprint density at radius 3 is 2.05 bits per heavy atom. The molecular formula is C24H31Cl2N8O3S2+. The van der Waals surface area contributed by atoms with E-state index >= 15 is 0 Å². The number of anilines is 2. The largest absolute Gasteiger partial charge is 0.364 e. The average molecular weight is 615 g/mol. The Labute approximate surface area is 244 Å². The molecule has 6 heterocycles. The monoisotopic (exact) mass is 613 g/mol. The number of fused-ring (bicyclic) bond motifs is 2. The first-order chi connectivity index (χ1) is 18.7. The van der Waals surface area contributed by atoms with Gasteiger partial charge < -0.3 is 20.4 Å². The second kappa shape index (κ2) is 12.2. The van der Waals surface area contributed by atoms with Gasteiger partial charge in [-0.15, -0.1) is 11.8 Å². The molecule has 2 aromatic rings. The molecule has 210 valence electrons. The van der Waals surface area contributed by atoms with Gasteiger partial charge in [-0.25, -0.2) is 9.97 Å². The maximum Gasteiger partial charge on any atom is 0.253 e. The third-order valence-corrected chi connectivity index (χ3v) is 10.1. The van der Waals surface area contributed by atoms with Crippen molar-refractivity contribution in [1.82, 2.24) is 29.7 Å².